The first-order valence-electron chi connectivity index (χ1n) is 11.3. The fourth-order valence-electron chi connectivity index (χ4n) is 3.73. The number of piperidine rings is 1. The van der Waals surface area contributed by atoms with Crippen LogP contribution in [0.25, 0.3) is 0 Å². The molecule has 1 aromatic heterocycles. The van der Waals surface area contributed by atoms with Crippen LogP contribution < -0.4 is 9.64 Å². The molecule has 2 saturated heterocycles. The highest BCUT2D eigenvalue weighted by molar-refractivity contribution is 5.79. The maximum atomic E-state index is 12.0. The lowest BCUT2D eigenvalue weighted by Crippen LogP contribution is -2.42. The van der Waals surface area contributed by atoms with Crippen LogP contribution in [-0.2, 0) is 16.0 Å². The van der Waals surface area contributed by atoms with Gasteiger partial charge in [0.2, 0.25) is 5.91 Å². The fraction of sp³-hybridized carbons (Fsp3) is 0.609. The minimum atomic E-state index is 0.207. The van der Waals surface area contributed by atoms with Gasteiger partial charge in [-0.2, -0.15) is 4.98 Å². The highest BCUT2D eigenvalue weighted by atomic mass is 16.5. The Morgan fingerprint density at radius 2 is 1.87 bits per heavy atom. The first-order chi connectivity index (χ1) is 15.1. The molecule has 2 aliphatic rings. The van der Waals surface area contributed by atoms with E-state index < -0.39 is 0 Å². The Kier molecular flexibility index (Phi) is 7.06. The van der Waals surface area contributed by atoms with Crippen LogP contribution in [0.3, 0.4) is 0 Å². The van der Waals surface area contributed by atoms with E-state index >= 15 is 0 Å². The molecule has 8 heteroatoms. The van der Waals surface area contributed by atoms with Crippen molar-refractivity contribution in [2.75, 3.05) is 44.3 Å². The summed E-state index contributed by atoms with van der Waals surface area (Å²) in [5.41, 5.74) is 1.02. The standard InChI is InChI=1S/C23H32N4O4/c1-17(2)22-24-23(31-25-22)27-12-8-20(9-13-27)30-15-14-29-19-6-4-18(5-7-19)16-21(28)26-10-3-11-26/h4-7,17,20H,3,8-16H2,1-2H3. The number of likely N-dealkylation sites (tertiary alicyclic amines) is 1. The van der Waals surface area contributed by atoms with Gasteiger partial charge in [-0.1, -0.05) is 31.1 Å². The van der Waals surface area contributed by atoms with Gasteiger partial charge >= 0.3 is 6.01 Å². The number of anilines is 1. The predicted molar refractivity (Wildman–Crippen MR) is 116 cm³/mol. The van der Waals surface area contributed by atoms with Crippen molar-refractivity contribution in [3.05, 3.63) is 35.7 Å². The molecule has 0 saturated carbocycles. The Morgan fingerprint density at radius 1 is 1.13 bits per heavy atom. The minimum absolute atomic E-state index is 0.207. The van der Waals surface area contributed by atoms with E-state index in [1.807, 2.05) is 29.2 Å². The Labute approximate surface area is 183 Å². The highest BCUT2D eigenvalue weighted by Gasteiger charge is 2.24. The summed E-state index contributed by atoms with van der Waals surface area (Å²) in [6.45, 7) is 8.67. The molecular weight excluding hydrogens is 396 g/mol. The van der Waals surface area contributed by atoms with Crippen molar-refractivity contribution in [3.8, 4) is 5.75 Å². The summed E-state index contributed by atoms with van der Waals surface area (Å²) in [4.78, 5) is 20.5. The first kappa shape index (κ1) is 21.6. The Hall–Kier alpha value is -2.61. The third kappa shape index (κ3) is 5.76. The third-order valence-corrected chi connectivity index (χ3v) is 5.85. The monoisotopic (exact) mass is 428 g/mol. The van der Waals surface area contributed by atoms with Gasteiger partial charge in [0.15, 0.2) is 5.82 Å². The number of hydrogen-bond acceptors (Lipinski definition) is 7. The van der Waals surface area contributed by atoms with E-state index in [0.29, 0.717) is 25.6 Å². The second kappa shape index (κ2) is 10.1. The average Bonchev–Trinajstić information content (AvgIpc) is 3.22. The van der Waals surface area contributed by atoms with Crippen LogP contribution in [-0.4, -0.2) is 66.4 Å². The topological polar surface area (TPSA) is 80.9 Å². The molecule has 0 unspecified atom stereocenters. The normalized spacial score (nSPS) is 17.1. The van der Waals surface area contributed by atoms with Gasteiger partial charge in [0, 0.05) is 32.1 Å². The number of aromatic nitrogens is 2. The molecule has 0 aliphatic carbocycles. The Bertz CT molecular complexity index is 840. The van der Waals surface area contributed by atoms with Gasteiger partial charge in [0.25, 0.3) is 0 Å². The van der Waals surface area contributed by atoms with Gasteiger partial charge in [0.1, 0.15) is 12.4 Å². The zero-order valence-corrected chi connectivity index (χ0v) is 18.5. The van der Waals surface area contributed by atoms with Gasteiger partial charge in [0.05, 0.1) is 19.1 Å². The van der Waals surface area contributed by atoms with E-state index in [9.17, 15) is 4.79 Å². The largest absolute Gasteiger partial charge is 0.491 e. The number of benzene rings is 1. The number of rotatable bonds is 9. The van der Waals surface area contributed by atoms with Crippen molar-refractivity contribution < 1.29 is 18.8 Å². The van der Waals surface area contributed by atoms with Gasteiger partial charge < -0.3 is 23.8 Å². The van der Waals surface area contributed by atoms with E-state index in [0.717, 1.165) is 62.6 Å². The quantitative estimate of drug-likeness (QED) is 0.568. The molecule has 1 amide bonds. The van der Waals surface area contributed by atoms with E-state index in [2.05, 4.69) is 28.9 Å². The molecule has 8 nitrogen and oxygen atoms in total. The SMILES string of the molecule is CC(C)c1noc(N2CCC(OCCOc3ccc(CC(=O)N4CCC4)cc3)CC2)n1. The molecule has 3 heterocycles. The van der Waals surface area contributed by atoms with E-state index in [-0.39, 0.29) is 17.9 Å². The zero-order valence-electron chi connectivity index (χ0n) is 18.5. The maximum Gasteiger partial charge on any atom is 0.324 e. The van der Waals surface area contributed by atoms with Gasteiger partial charge in [-0.15, -0.1) is 0 Å². The minimum Gasteiger partial charge on any atom is -0.491 e. The van der Waals surface area contributed by atoms with Crippen LogP contribution in [0.1, 0.15) is 50.4 Å². The van der Waals surface area contributed by atoms with Crippen molar-refractivity contribution in [1.82, 2.24) is 15.0 Å². The number of carbonyl (C=O) groups is 1. The number of hydrogen-bond donors (Lipinski definition) is 0. The van der Waals surface area contributed by atoms with Crippen molar-refractivity contribution in [1.29, 1.82) is 0 Å². The molecule has 1 aromatic carbocycles. The second-order valence-corrected chi connectivity index (χ2v) is 8.55. The van der Waals surface area contributed by atoms with Crippen LogP contribution >= 0.6 is 0 Å². The number of amides is 1. The third-order valence-electron chi connectivity index (χ3n) is 5.85. The van der Waals surface area contributed by atoms with Gasteiger partial charge in [-0.25, -0.2) is 0 Å². The summed E-state index contributed by atoms with van der Waals surface area (Å²) in [5.74, 6) is 2.03. The molecule has 4 rings (SSSR count). The van der Waals surface area contributed by atoms with Crippen molar-refractivity contribution >= 4 is 11.9 Å². The molecule has 0 radical (unpaired) electrons. The lowest BCUT2D eigenvalue weighted by atomic mass is 10.1. The number of carbonyl (C=O) groups excluding carboxylic acids is 1. The van der Waals surface area contributed by atoms with Crippen LogP contribution in [0.2, 0.25) is 0 Å². The van der Waals surface area contributed by atoms with Crippen molar-refractivity contribution in [2.24, 2.45) is 0 Å². The van der Waals surface area contributed by atoms with E-state index in [4.69, 9.17) is 14.0 Å². The molecule has 0 N–H and O–H groups in total. The molecule has 2 fully saturated rings. The molecule has 168 valence electrons. The fourth-order valence-corrected chi connectivity index (χ4v) is 3.73. The first-order valence-corrected chi connectivity index (χ1v) is 11.3. The Morgan fingerprint density at radius 3 is 2.48 bits per heavy atom. The van der Waals surface area contributed by atoms with Crippen LogP contribution in [0.15, 0.2) is 28.8 Å². The summed E-state index contributed by atoms with van der Waals surface area (Å²) >= 11 is 0. The van der Waals surface area contributed by atoms with Crippen molar-refractivity contribution in [2.45, 2.75) is 51.6 Å². The zero-order chi connectivity index (χ0) is 21.6. The summed E-state index contributed by atoms with van der Waals surface area (Å²) < 4.78 is 17.2. The molecular formula is C23H32N4O4. The smallest absolute Gasteiger partial charge is 0.324 e. The predicted octanol–water partition coefficient (Wildman–Crippen LogP) is 3.03. The maximum absolute atomic E-state index is 12.0. The van der Waals surface area contributed by atoms with E-state index in [1.54, 1.807) is 0 Å². The van der Waals surface area contributed by atoms with Crippen LogP contribution in [0.5, 0.6) is 5.75 Å². The number of nitrogens with zero attached hydrogens (tertiary/aromatic N) is 4. The van der Waals surface area contributed by atoms with Gasteiger partial charge in [-0.05, 0) is 37.0 Å². The molecule has 2 aliphatic heterocycles. The van der Waals surface area contributed by atoms with Crippen LogP contribution in [0, 0.1) is 0 Å². The van der Waals surface area contributed by atoms with Gasteiger partial charge in [-0.3, -0.25) is 4.79 Å². The molecule has 31 heavy (non-hydrogen) atoms. The number of ether oxygens (including phenoxy) is 2. The van der Waals surface area contributed by atoms with E-state index in [1.165, 1.54) is 0 Å². The lowest BCUT2D eigenvalue weighted by Gasteiger charge is -2.31. The molecule has 2 aromatic rings. The summed E-state index contributed by atoms with van der Waals surface area (Å²) in [5, 5.41) is 4.04. The second-order valence-electron chi connectivity index (χ2n) is 8.55. The molecule has 0 atom stereocenters. The summed E-state index contributed by atoms with van der Waals surface area (Å²) in [6, 6.07) is 8.39. The summed E-state index contributed by atoms with van der Waals surface area (Å²) in [7, 11) is 0. The van der Waals surface area contributed by atoms with Crippen LogP contribution in [0.4, 0.5) is 6.01 Å². The average molecular weight is 429 g/mol. The van der Waals surface area contributed by atoms with Crippen molar-refractivity contribution in [3.63, 3.8) is 0 Å². The molecule has 0 spiro atoms. The summed E-state index contributed by atoms with van der Waals surface area (Å²) in [6.07, 6.45) is 3.67. The Balaban J connectivity index is 1.12. The molecule has 0 bridgehead atoms. The highest BCUT2D eigenvalue weighted by Crippen LogP contribution is 2.22. The lowest BCUT2D eigenvalue weighted by molar-refractivity contribution is -0.133.